The summed E-state index contributed by atoms with van der Waals surface area (Å²) >= 11 is 7.36. The molecule has 5 rings (SSSR count). The summed E-state index contributed by atoms with van der Waals surface area (Å²) in [5, 5.41) is 2.41. The van der Waals surface area contributed by atoms with Gasteiger partial charge in [0.2, 0.25) is 0 Å². The van der Waals surface area contributed by atoms with Crippen LogP contribution in [0.3, 0.4) is 0 Å². The van der Waals surface area contributed by atoms with Crippen molar-refractivity contribution in [3.05, 3.63) is 133 Å². The van der Waals surface area contributed by atoms with Crippen LogP contribution in [-0.4, -0.2) is 17.0 Å². The maximum atomic E-state index is 13.2. The first-order valence-electron chi connectivity index (χ1n) is 12.3. The third-order valence-electron chi connectivity index (χ3n) is 6.06. The molecule has 0 atom stereocenters. The zero-order valence-electron chi connectivity index (χ0n) is 21.4. The Bertz CT molecular complexity index is 1740. The molecule has 0 unspecified atom stereocenters. The molecule has 2 heterocycles. The summed E-state index contributed by atoms with van der Waals surface area (Å²) < 4.78 is 13.4. The molecule has 0 aliphatic heterocycles. The number of ketones is 1. The smallest absolute Gasteiger partial charge is 0.349 e. The Morgan fingerprint density at radius 2 is 1.72 bits per heavy atom. The van der Waals surface area contributed by atoms with Crippen LogP contribution in [0, 0.1) is 13.8 Å². The van der Waals surface area contributed by atoms with Gasteiger partial charge in [0.25, 0.3) is 0 Å². The predicted octanol–water partition coefficient (Wildman–Crippen LogP) is 6.98. The molecular formula is C31H25ClN2O4S. The minimum Gasteiger partial charge on any atom is -0.484 e. The van der Waals surface area contributed by atoms with E-state index < -0.39 is 5.63 Å². The number of hydrogen-bond acceptors (Lipinski definition) is 6. The number of carbonyl (C=O) groups is 1. The lowest BCUT2D eigenvalue weighted by molar-refractivity contribution is 0.0921. The third-order valence-corrected chi connectivity index (χ3v) is 7.18. The van der Waals surface area contributed by atoms with Crippen LogP contribution < -0.4 is 15.2 Å². The van der Waals surface area contributed by atoms with E-state index in [9.17, 15) is 9.59 Å². The Balaban J connectivity index is 1.58. The summed E-state index contributed by atoms with van der Waals surface area (Å²) in [6.07, 6.45) is 0. The molecule has 8 heteroatoms. The predicted molar refractivity (Wildman–Crippen MR) is 154 cm³/mol. The largest absolute Gasteiger partial charge is 0.484 e. The Morgan fingerprint density at radius 3 is 2.44 bits per heavy atom. The molecule has 2 aromatic heterocycles. The molecule has 0 aliphatic carbocycles. The van der Waals surface area contributed by atoms with Crippen LogP contribution in [0.5, 0.6) is 5.75 Å². The van der Waals surface area contributed by atoms with Crippen molar-refractivity contribution in [2.75, 3.05) is 6.61 Å². The van der Waals surface area contributed by atoms with Gasteiger partial charge in [0.05, 0.1) is 17.9 Å². The maximum absolute atomic E-state index is 13.2. The monoisotopic (exact) mass is 556 g/mol. The fourth-order valence-electron chi connectivity index (χ4n) is 4.06. The second kappa shape index (κ2) is 11.7. The molecule has 0 bridgehead atoms. The zero-order chi connectivity index (χ0) is 27.4. The lowest BCUT2D eigenvalue weighted by Crippen LogP contribution is -2.20. The highest BCUT2D eigenvalue weighted by atomic mass is 35.5. The standard InChI is InChI=1S/C31H25ClN2O4S/c1-20-8-14-25(15-9-20)33-31-34(17-22-6-4-3-5-7-22)26(19-39-31)29-28(16-21(2)38-30(29)36)37-18-27(35)23-10-12-24(32)13-11-23/h3-16,19H,17-18H2,1-2H3. The number of nitrogens with zero attached hydrogens (tertiary/aromatic N) is 2. The molecule has 0 spiro atoms. The third kappa shape index (κ3) is 6.28. The normalized spacial score (nSPS) is 11.5. The minimum atomic E-state index is -0.551. The second-order valence-electron chi connectivity index (χ2n) is 9.03. The number of aryl methyl sites for hydroxylation is 2. The van der Waals surface area contributed by atoms with Crippen molar-refractivity contribution < 1.29 is 13.9 Å². The average Bonchev–Trinajstić information content (AvgIpc) is 3.30. The van der Waals surface area contributed by atoms with Gasteiger partial charge in [-0.1, -0.05) is 59.6 Å². The first-order valence-corrected chi connectivity index (χ1v) is 13.5. The fourth-order valence-corrected chi connectivity index (χ4v) is 5.10. The van der Waals surface area contributed by atoms with Gasteiger partial charge in [-0.2, -0.15) is 0 Å². The first kappa shape index (κ1) is 26.4. The van der Waals surface area contributed by atoms with Crippen molar-refractivity contribution in [2.45, 2.75) is 20.4 Å². The van der Waals surface area contributed by atoms with Gasteiger partial charge in [-0.15, -0.1) is 11.3 Å². The highest BCUT2D eigenvalue weighted by molar-refractivity contribution is 7.07. The van der Waals surface area contributed by atoms with Crippen molar-refractivity contribution in [1.29, 1.82) is 0 Å². The Kier molecular flexibility index (Phi) is 7.91. The Hall–Kier alpha value is -4.20. The topological polar surface area (TPSA) is 73.8 Å². The molecule has 0 aliphatic rings. The number of ether oxygens (including phenoxy) is 1. The van der Waals surface area contributed by atoms with Crippen molar-refractivity contribution in [1.82, 2.24) is 4.57 Å². The molecule has 196 valence electrons. The van der Waals surface area contributed by atoms with Crippen LogP contribution in [0.4, 0.5) is 5.69 Å². The van der Waals surface area contributed by atoms with Gasteiger partial charge < -0.3 is 13.7 Å². The van der Waals surface area contributed by atoms with E-state index in [-0.39, 0.29) is 23.7 Å². The van der Waals surface area contributed by atoms with Crippen molar-refractivity contribution >= 4 is 34.4 Å². The molecule has 0 N–H and O–H groups in total. The number of rotatable bonds is 8. The summed E-state index contributed by atoms with van der Waals surface area (Å²) in [4.78, 5) is 31.6. The van der Waals surface area contributed by atoms with Crippen LogP contribution in [0.15, 0.2) is 105 Å². The summed E-state index contributed by atoms with van der Waals surface area (Å²) in [6, 6.07) is 26.1. The molecule has 39 heavy (non-hydrogen) atoms. The van der Waals surface area contributed by atoms with E-state index in [0.717, 1.165) is 16.8 Å². The van der Waals surface area contributed by atoms with E-state index in [2.05, 4.69) is 0 Å². The molecule has 0 fully saturated rings. The second-order valence-corrected chi connectivity index (χ2v) is 10.3. The lowest BCUT2D eigenvalue weighted by atomic mass is 10.1. The van der Waals surface area contributed by atoms with Crippen molar-refractivity contribution in [3.8, 4) is 17.0 Å². The molecule has 0 saturated carbocycles. The average molecular weight is 557 g/mol. The molecule has 3 aromatic carbocycles. The number of hydrogen-bond donors (Lipinski definition) is 0. The van der Waals surface area contributed by atoms with E-state index in [1.807, 2.05) is 71.5 Å². The molecule has 5 aromatic rings. The van der Waals surface area contributed by atoms with Gasteiger partial charge in [0.1, 0.15) is 17.1 Å². The number of carbonyl (C=O) groups excluding carboxylic acids is 1. The SMILES string of the molecule is Cc1ccc(N=c2scc(-c3c(OCC(=O)c4ccc(Cl)cc4)cc(C)oc3=O)n2Cc2ccccc2)cc1. The van der Waals surface area contributed by atoms with E-state index >= 15 is 0 Å². The summed E-state index contributed by atoms with van der Waals surface area (Å²) in [5.41, 5.74) is 3.74. The van der Waals surface area contributed by atoms with Crippen LogP contribution in [0.2, 0.25) is 5.02 Å². The highest BCUT2D eigenvalue weighted by Crippen LogP contribution is 2.29. The van der Waals surface area contributed by atoms with Crippen molar-refractivity contribution in [2.24, 2.45) is 4.99 Å². The molecule has 0 amide bonds. The lowest BCUT2D eigenvalue weighted by Gasteiger charge is -2.13. The minimum absolute atomic E-state index is 0.235. The highest BCUT2D eigenvalue weighted by Gasteiger charge is 2.21. The zero-order valence-corrected chi connectivity index (χ0v) is 23.0. The van der Waals surface area contributed by atoms with Gasteiger partial charge in [-0.25, -0.2) is 9.79 Å². The summed E-state index contributed by atoms with van der Waals surface area (Å²) in [6.45, 7) is 3.92. The Labute approximate surface area is 234 Å². The fraction of sp³-hybridized carbons (Fsp3) is 0.129. The summed E-state index contributed by atoms with van der Waals surface area (Å²) in [5.74, 6) is 0.417. The number of benzene rings is 3. The van der Waals surface area contributed by atoms with Gasteiger partial charge in [0, 0.05) is 22.0 Å². The van der Waals surface area contributed by atoms with E-state index in [0.29, 0.717) is 33.4 Å². The van der Waals surface area contributed by atoms with E-state index in [4.69, 9.17) is 25.7 Å². The van der Waals surface area contributed by atoms with Gasteiger partial charge in [-0.3, -0.25) is 4.79 Å². The quantitative estimate of drug-likeness (QED) is 0.193. The number of Topliss-reactive ketones (excluding diaryl/α,β-unsaturated/α-hetero) is 1. The van der Waals surface area contributed by atoms with Gasteiger partial charge in [0.15, 0.2) is 17.2 Å². The molecular weight excluding hydrogens is 532 g/mol. The van der Waals surface area contributed by atoms with E-state index in [1.165, 1.54) is 11.3 Å². The van der Waals surface area contributed by atoms with Gasteiger partial charge >= 0.3 is 5.63 Å². The summed E-state index contributed by atoms with van der Waals surface area (Å²) in [7, 11) is 0. The first-order chi connectivity index (χ1) is 18.9. The number of aromatic nitrogens is 1. The van der Waals surface area contributed by atoms with Crippen LogP contribution in [0.25, 0.3) is 11.3 Å². The molecule has 0 radical (unpaired) electrons. The molecule has 0 saturated heterocycles. The molecule has 6 nitrogen and oxygen atoms in total. The number of halogens is 1. The maximum Gasteiger partial charge on any atom is 0.349 e. The van der Waals surface area contributed by atoms with E-state index in [1.54, 1.807) is 37.3 Å². The van der Waals surface area contributed by atoms with Gasteiger partial charge in [-0.05, 0) is 55.8 Å². The number of thiazole rings is 1. The van der Waals surface area contributed by atoms with Crippen LogP contribution >= 0.6 is 22.9 Å². The van der Waals surface area contributed by atoms with Crippen LogP contribution in [-0.2, 0) is 6.54 Å². The van der Waals surface area contributed by atoms with Crippen LogP contribution in [0.1, 0.15) is 27.2 Å². The van der Waals surface area contributed by atoms with Crippen molar-refractivity contribution in [3.63, 3.8) is 0 Å². The Morgan fingerprint density at radius 1 is 1.00 bits per heavy atom.